The van der Waals surface area contributed by atoms with Crippen molar-refractivity contribution < 1.29 is 8.78 Å². The van der Waals surface area contributed by atoms with Crippen molar-refractivity contribution in [2.24, 2.45) is 0 Å². The molecule has 43 valence electrons. The summed E-state index contributed by atoms with van der Waals surface area (Å²) in [5, 5.41) is 0. The van der Waals surface area contributed by atoms with Gasteiger partial charge in [-0.3, -0.25) is 0 Å². The first kappa shape index (κ1) is 5.28. The number of halogens is 2. The first-order chi connectivity index (χ1) is 3.80. The van der Waals surface area contributed by atoms with Crippen molar-refractivity contribution in [1.82, 2.24) is 4.98 Å². The van der Waals surface area contributed by atoms with Gasteiger partial charge in [0.25, 0.3) is 6.43 Å². The van der Waals surface area contributed by atoms with Crippen LogP contribution in [-0.2, 0) is 0 Å². The summed E-state index contributed by atoms with van der Waals surface area (Å²) in [6.45, 7) is 0. The van der Waals surface area contributed by atoms with E-state index in [4.69, 9.17) is 0 Å². The molecule has 3 heteroatoms. The number of hydrogen-bond acceptors (Lipinski definition) is 0. The topological polar surface area (TPSA) is 15.8 Å². The van der Waals surface area contributed by atoms with Crippen molar-refractivity contribution in [3.63, 3.8) is 0 Å². The predicted octanol–water partition coefficient (Wildman–Crippen LogP) is 1.75. The summed E-state index contributed by atoms with van der Waals surface area (Å²) in [5.74, 6) is 0. The third-order valence-electron chi connectivity index (χ3n) is 0.779. The van der Waals surface area contributed by atoms with Gasteiger partial charge in [0.1, 0.15) is 0 Å². The second-order valence-electron chi connectivity index (χ2n) is 1.34. The van der Waals surface area contributed by atoms with Gasteiger partial charge in [0.05, 0.1) is 5.69 Å². The second kappa shape index (κ2) is 1.94. The van der Waals surface area contributed by atoms with E-state index in [1.54, 1.807) is 0 Å². The number of nitrogens with one attached hydrogen (secondary N) is 1. The Morgan fingerprint density at radius 1 is 1.62 bits per heavy atom. The molecule has 0 aliphatic carbocycles. The fraction of sp³-hybridized carbons (Fsp3) is 0.200. The normalized spacial score (nSPS) is 10.4. The van der Waals surface area contributed by atoms with Crippen molar-refractivity contribution >= 4 is 0 Å². The molecule has 1 nitrogen and oxygen atoms in total. The summed E-state index contributed by atoms with van der Waals surface area (Å²) >= 11 is 0. The average molecular weight is 116 g/mol. The summed E-state index contributed by atoms with van der Waals surface area (Å²) < 4.78 is 23.1. The molecule has 0 spiro atoms. The third-order valence-corrected chi connectivity index (χ3v) is 0.779. The van der Waals surface area contributed by atoms with Crippen LogP contribution >= 0.6 is 0 Å². The Hall–Kier alpha value is -0.860. The van der Waals surface area contributed by atoms with Crippen LogP contribution in [0.4, 0.5) is 8.78 Å². The van der Waals surface area contributed by atoms with Crippen molar-refractivity contribution in [2.45, 2.75) is 6.43 Å². The molecule has 1 radical (unpaired) electrons. The Balaban J connectivity index is 2.77. The van der Waals surface area contributed by atoms with Crippen LogP contribution in [0.15, 0.2) is 12.3 Å². The molecule has 0 fully saturated rings. The Bertz CT molecular complexity index is 145. The summed E-state index contributed by atoms with van der Waals surface area (Å²) in [6, 6.07) is 3.75. The molecule has 8 heavy (non-hydrogen) atoms. The zero-order valence-corrected chi connectivity index (χ0v) is 3.99. The second-order valence-corrected chi connectivity index (χ2v) is 1.34. The zero-order valence-electron chi connectivity index (χ0n) is 3.99. The lowest BCUT2D eigenvalue weighted by Crippen LogP contribution is -1.80. The van der Waals surface area contributed by atoms with Crippen LogP contribution in [-0.4, -0.2) is 4.98 Å². The van der Waals surface area contributed by atoms with Crippen LogP contribution in [0.1, 0.15) is 12.1 Å². The molecule has 1 N–H and O–H groups in total. The fourth-order valence-electron chi connectivity index (χ4n) is 0.431. The van der Waals surface area contributed by atoms with Crippen LogP contribution < -0.4 is 0 Å². The van der Waals surface area contributed by atoms with Gasteiger partial charge in [0.2, 0.25) is 0 Å². The largest absolute Gasteiger partial charge is 0.360 e. The smallest absolute Gasteiger partial charge is 0.278 e. The summed E-state index contributed by atoms with van der Waals surface area (Å²) in [4.78, 5) is 2.33. The van der Waals surface area contributed by atoms with Crippen LogP contribution in [0, 0.1) is 6.07 Å². The Labute approximate surface area is 45.3 Å². The molecule has 1 rings (SSSR count). The molecule has 0 bridgehead atoms. The number of rotatable bonds is 1. The Kier molecular flexibility index (Phi) is 1.28. The van der Waals surface area contributed by atoms with Gasteiger partial charge in [0, 0.05) is 12.3 Å². The molecule has 1 aromatic rings. The van der Waals surface area contributed by atoms with E-state index in [1.807, 2.05) is 0 Å². The van der Waals surface area contributed by atoms with Crippen molar-refractivity contribution in [3.8, 4) is 0 Å². The molecule has 0 saturated heterocycles. The Morgan fingerprint density at radius 3 is 2.62 bits per heavy atom. The third kappa shape index (κ3) is 0.857. The number of alkyl halides is 2. The predicted molar refractivity (Wildman–Crippen MR) is 24.6 cm³/mol. The van der Waals surface area contributed by atoms with E-state index in [2.05, 4.69) is 11.1 Å². The van der Waals surface area contributed by atoms with E-state index in [0.29, 0.717) is 0 Å². The van der Waals surface area contributed by atoms with Gasteiger partial charge in [-0.15, -0.1) is 0 Å². The minimum absolute atomic E-state index is 0.148. The minimum atomic E-state index is -2.43. The van der Waals surface area contributed by atoms with Crippen LogP contribution in [0.3, 0.4) is 0 Å². The lowest BCUT2D eigenvalue weighted by molar-refractivity contribution is 0.146. The van der Waals surface area contributed by atoms with Gasteiger partial charge in [-0.2, -0.15) is 0 Å². The first-order valence-corrected chi connectivity index (χ1v) is 2.14. The maximum atomic E-state index is 11.5. The number of hydrogen-bond donors (Lipinski definition) is 1. The van der Waals surface area contributed by atoms with Gasteiger partial charge >= 0.3 is 0 Å². The minimum Gasteiger partial charge on any atom is -0.360 e. The van der Waals surface area contributed by atoms with E-state index < -0.39 is 6.43 Å². The van der Waals surface area contributed by atoms with Crippen LogP contribution in [0.5, 0.6) is 0 Å². The van der Waals surface area contributed by atoms with E-state index in [-0.39, 0.29) is 5.69 Å². The van der Waals surface area contributed by atoms with Gasteiger partial charge in [0.15, 0.2) is 0 Å². The SMILES string of the molecule is FC(F)c1[c]cc[nH]1. The van der Waals surface area contributed by atoms with Crippen LogP contribution in [0.25, 0.3) is 0 Å². The fourth-order valence-corrected chi connectivity index (χ4v) is 0.431. The molecule has 0 aliphatic rings. The van der Waals surface area contributed by atoms with E-state index in [9.17, 15) is 8.78 Å². The lowest BCUT2D eigenvalue weighted by atomic mass is 10.5. The first-order valence-electron chi connectivity index (χ1n) is 2.14. The van der Waals surface area contributed by atoms with Gasteiger partial charge in [-0.25, -0.2) is 8.78 Å². The molecule has 0 aromatic carbocycles. The van der Waals surface area contributed by atoms with Gasteiger partial charge in [-0.1, -0.05) is 0 Å². The molecule has 0 atom stereocenters. The quantitative estimate of drug-likeness (QED) is 0.575. The highest BCUT2D eigenvalue weighted by Crippen LogP contribution is 2.13. The van der Waals surface area contributed by atoms with E-state index in [0.717, 1.165) is 0 Å². The highest BCUT2D eigenvalue weighted by atomic mass is 19.3. The molecular weight excluding hydrogens is 112 g/mol. The van der Waals surface area contributed by atoms with Crippen molar-refractivity contribution in [3.05, 3.63) is 24.0 Å². The molecule has 1 aromatic heterocycles. The van der Waals surface area contributed by atoms with E-state index >= 15 is 0 Å². The molecular formula is C5H4F2N. The monoisotopic (exact) mass is 116 g/mol. The highest BCUT2D eigenvalue weighted by molar-refractivity contribution is 5.01. The number of aromatic nitrogens is 1. The lowest BCUT2D eigenvalue weighted by Gasteiger charge is -1.88. The molecule has 0 unspecified atom stereocenters. The van der Waals surface area contributed by atoms with Gasteiger partial charge < -0.3 is 4.98 Å². The van der Waals surface area contributed by atoms with Crippen LogP contribution in [0.2, 0.25) is 0 Å². The maximum absolute atomic E-state index is 11.5. The summed E-state index contributed by atoms with van der Waals surface area (Å²) in [5.41, 5.74) is -0.148. The number of aromatic amines is 1. The highest BCUT2D eigenvalue weighted by Gasteiger charge is 2.04. The van der Waals surface area contributed by atoms with Crippen molar-refractivity contribution in [2.75, 3.05) is 0 Å². The zero-order chi connectivity index (χ0) is 5.98. The van der Waals surface area contributed by atoms with Crippen molar-refractivity contribution in [1.29, 1.82) is 0 Å². The van der Waals surface area contributed by atoms with E-state index in [1.165, 1.54) is 12.3 Å². The molecule has 1 heterocycles. The summed E-state index contributed by atoms with van der Waals surface area (Å²) in [7, 11) is 0. The van der Waals surface area contributed by atoms with Gasteiger partial charge in [-0.05, 0) is 6.07 Å². The molecule has 0 saturated carbocycles. The molecule has 0 amide bonds. The standard InChI is InChI=1S/C5H4F2N/c6-5(7)4-2-1-3-8-4/h1,3,5,8H. The maximum Gasteiger partial charge on any atom is 0.278 e. The molecule has 0 aliphatic heterocycles. The summed E-state index contributed by atoms with van der Waals surface area (Å²) in [6.07, 6.45) is -1.01. The Morgan fingerprint density at radius 2 is 2.38 bits per heavy atom. The average Bonchev–Trinajstić information content (AvgIpc) is 2.12. The number of H-pyrrole nitrogens is 1.